The van der Waals surface area contributed by atoms with Crippen LogP contribution in [0.3, 0.4) is 0 Å². The molecule has 0 aliphatic heterocycles. The van der Waals surface area contributed by atoms with Gasteiger partial charge in [0.15, 0.2) is 5.82 Å². The Morgan fingerprint density at radius 3 is 2.78 bits per heavy atom. The van der Waals surface area contributed by atoms with Gasteiger partial charge in [0.2, 0.25) is 0 Å². The maximum absolute atomic E-state index is 12.6. The van der Waals surface area contributed by atoms with Gasteiger partial charge in [0.1, 0.15) is 0 Å². The molecular formula is C17H20N4O2. The lowest BCUT2D eigenvalue weighted by Gasteiger charge is -2.21. The summed E-state index contributed by atoms with van der Waals surface area (Å²) in [6.45, 7) is 2.24. The predicted molar refractivity (Wildman–Crippen MR) is 87.6 cm³/mol. The molecule has 0 saturated heterocycles. The first-order valence-electron chi connectivity index (χ1n) is 7.76. The van der Waals surface area contributed by atoms with Crippen LogP contribution in [-0.4, -0.2) is 45.3 Å². The second-order valence-electron chi connectivity index (χ2n) is 5.72. The molecule has 1 aliphatic carbocycles. The van der Waals surface area contributed by atoms with Crippen LogP contribution in [0.25, 0.3) is 0 Å². The van der Waals surface area contributed by atoms with Crippen LogP contribution >= 0.6 is 0 Å². The largest absolute Gasteiger partial charge is 0.395 e. The molecule has 0 spiro atoms. The molecule has 1 aromatic heterocycles. The minimum absolute atomic E-state index is 0.0147. The normalized spacial score (nSPS) is 13.7. The van der Waals surface area contributed by atoms with Gasteiger partial charge in [-0.1, -0.05) is 6.07 Å². The van der Waals surface area contributed by atoms with E-state index in [1.54, 1.807) is 17.0 Å². The molecule has 0 unspecified atom stereocenters. The Kier molecular flexibility index (Phi) is 4.52. The van der Waals surface area contributed by atoms with E-state index in [9.17, 15) is 4.79 Å². The molecule has 2 aromatic rings. The molecule has 6 heteroatoms. The average Bonchev–Trinajstić information content (AvgIpc) is 3.39. The molecule has 0 atom stereocenters. The smallest absolute Gasteiger partial charge is 0.254 e. The highest BCUT2D eigenvalue weighted by atomic mass is 16.3. The van der Waals surface area contributed by atoms with Gasteiger partial charge in [0, 0.05) is 23.8 Å². The van der Waals surface area contributed by atoms with Gasteiger partial charge in [-0.2, -0.15) is 5.10 Å². The van der Waals surface area contributed by atoms with E-state index in [2.05, 4.69) is 15.5 Å². The summed E-state index contributed by atoms with van der Waals surface area (Å²) in [7, 11) is 0. The number of amides is 1. The summed E-state index contributed by atoms with van der Waals surface area (Å²) in [4.78, 5) is 14.4. The van der Waals surface area contributed by atoms with Gasteiger partial charge in [-0.25, -0.2) is 0 Å². The topological polar surface area (TPSA) is 78.4 Å². The number of hydrogen-bond acceptors (Lipinski definition) is 5. The van der Waals surface area contributed by atoms with Crippen molar-refractivity contribution in [1.29, 1.82) is 0 Å². The Balaban J connectivity index is 1.76. The molecular weight excluding hydrogens is 292 g/mol. The first kappa shape index (κ1) is 15.4. The van der Waals surface area contributed by atoms with Crippen LogP contribution in [0, 0.1) is 6.92 Å². The molecule has 1 aliphatic rings. The minimum atomic E-state index is -0.0415. The number of aryl methyl sites for hydroxylation is 1. The maximum atomic E-state index is 12.6. The molecule has 120 valence electrons. The lowest BCUT2D eigenvalue weighted by Crippen LogP contribution is -2.35. The molecule has 23 heavy (non-hydrogen) atoms. The van der Waals surface area contributed by atoms with Gasteiger partial charge in [-0.15, -0.1) is 5.10 Å². The van der Waals surface area contributed by atoms with Crippen molar-refractivity contribution in [2.24, 2.45) is 0 Å². The van der Waals surface area contributed by atoms with Crippen LogP contribution in [0.1, 0.15) is 28.9 Å². The summed E-state index contributed by atoms with van der Waals surface area (Å²) < 4.78 is 0. The zero-order chi connectivity index (χ0) is 16.2. The van der Waals surface area contributed by atoms with Crippen molar-refractivity contribution in [2.45, 2.75) is 25.8 Å². The second-order valence-corrected chi connectivity index (χ2v) is 5.72. The lowest BCUT2D eigenvalue weighted by molar-refractivity contribution is 0.0707. The number of aliphatic hydroxyl groups is 1. The number of aliphatic hydroxyl groups excluding tert-OH is 1. The lowest BCUT2D eigenvalue weighted by atomic mass is 10.1. The van der Waals surface area contributed by atoms with Gasteiger partial charge in [-0.3, -0.25) is 4.79 Å². The summed E-state index contributed by atoms with van der Waals surface area (Å²) in [5.74, 6) is 0.592. The summed E-state index contributed by atoms with van der Waals surface area (Å²) >= 11 is 0. The van der Waals surface area contributed by atoms with E-state index in [0.29, 0.717) is 17.9 Å². The SMILES string of the molecule is Cc1ccc(Nc2cccc(C(=O)N(CCO)C3CC3)c2)nn1. The fourth-order valence-electron chi connectivity index (χ4n) is 2.45. The van der Waals surface area contributed by atoms with E-state index < -0.39 is 0 Å². The van der Waals surface area contributed by atoms with E-state index in [0.717, 1.165) is 24.2 Å². The molecule has 0 radical (unpaired) electrons. The first-order valence-corrected chi connectivity index (χ1v) is 7.76. The fourth-order valence-corrected chi connectivity index (χ4v) is 2.45. The summed E-state index contributed by atoms with van der Waals surface area (Å²) in [6.07, 6.45) is 2.03. The van der Waals surface area contributed by atoms with Crippen LogP contribution in [0.15, 0.2) is 36.4 Å². The van der Waals surface area contributed by atoms with Crippen molar-refractivity contribution in [1.82, 2.24) is 15.1 Å². The second kappa shape index (κ2) is 6.75. The van der Waals surface area contributed by atoms with Gasteiger partial charge in [0.25, 0.3) is 5.91 Å². The monoisotopic (exact) mass is 312 g/mol. The zero-order valence-corrected chi connectivity index (χ0v) is 13.1. The number of hydrogen-bond donors (Lipinski definition) is 2. The Bertz CT molecular complexity index is 683. The Hall–Kier alpha value is -2.47. The van der Waals surface area contributed by atoms with Crippen molar-refractivity contribution >= 4 is 17.4 Å². The number of aromatic nitrogens is 2. The molecule has 3 rings (SSSR count). The van der Waals surface area contributed by atoms with Gasteiger partial charge < -0.3 is 15.3 Å². The third-order valence-electron chi connectivity index (χ3n) is 3.77. The first-order chi connectivity index (χ1) is 11.2. The van der Waals surface area contributed by atoms with Crippen molar-refractivity contribution < 1.29 is 9.90 Å². The van der Waals surface area contributed by atoms with Gasteiger partial charge >= 0.3 is 0 Å². The molecule has 1 saturated carbocycles. The number of nitrogens with zero attached hydrogens (tertiary/aromatic N) is 3. The Labute approximate surface area is 135 Å². The van der Waals surface area contributed by atoms with Crippen LogP contribution in [0.4, 0.5) is 11.5 Å². The zero-order valence-electron chi connectivity index (χ0n) is 13.1. The van der Waals surface area contributed by atoms with Crippen LogP contribution in [0.2, 0.25) is 0 Å². The number of rotatable bonds is 6. The van der Waals surface area contributed by atoms with E-state index in [1.165, 1.54) is 0 Å². The van der Waals surface area contributed by atoms with Crippen LogP contribution in [-0.2, 0) is 0 Å². The van der Waals surface area contributed by atoms with E-state index in [-0.39, 0.29) is 18.6 Å². The molecule has 6 nitrogen and oxygen atoms in total. The number of nitrogens with one attached hydrogen (secondary N) is 1. The highest BCUT2D eigenvalue weighted by Gasteiger charge is 2.32. The van der Waals surface area contributed by atoms with Crippen molar-refractivity contribution in [3.63, 3.8) is 0 Å². The third kappa shape index (κ3) is 3.84. The highest BCUT2D eigenvalue weighted by molar-refractivity contribution is 5.95. The van der Waals surface area contributed by atoms with Crippen LogP contribution in [0.5, 0.6) is 0 Å². The Morgan fingerprint density at radius 1 is 1.30 bits per heavy atom. The fraction of sp³-hybridized carbons (Fsp3) is 0.353. The number of anilines is 2. The van der Waals surface area contributed by atoms with Gasteiger partial charge in [-0.05, 0) is 50.1 Å². The number of carbonyl (C=O) groups excluding carboxylic acids is 1. The number of benzene rings is 1. The molecule has 0 bridgehead atoms. The van der Waals surface area contributed by atoms with Crippen molar-refractivity contribution in [2.75, 3.05) is 18.5 Å². The molecule has 1 amide bonds. The maximum Gasteiger partial charge on any atom is 0.254 e. The third-order valence-corrected chi connectivity index (χ3v) is 3.77. The molecule has 1 fully saturated rings. The quantitative estimate of drug-likeness (QED) is 0.854. The van der Waals surface area contributed by atoms with Gasteiger partial charge in [0.05, 0.1) is 12.3 Å². The Morgan fingerprint density at radius 2 is 2.13 bits per heavy atom. The summed E-state index contributed by atoms with van der Waals surface area (Å²) in [6, 6.07) is 11.3. The standard InChI is InChI=1S/C17H20N4O2/c1-12-5-8-16(20-19-12)18-14-4-2-3-13(11-14)17(23)21(9-10-22)15-6-7-15/h2-5,8,11,15,22H,6-7,9-10H2,1H3,(H,18,20). The van der Waals surface area contributed by atoms with Crippen molar-refractivity contribution in [3.05, 3.63) is 47.7 Å². The van der Waals surface area contributed by atoms with Crippen LogP contribution < -0.4 is 5.32 Å². The minimum Gasteiger partial charge on any atom is -0.395 e. The van der Waals surface area contributed by atoms with E-state index >= 15 is 0 Å². The summed E-state index contributed by atoms with van der Waals surface area (Å²) in [5.41, 5.74) is 2.24. The number of carbonyl (C=O) groups is 1. The highest BCUT2D eigenvalue weighted by Crippen LogP contribution is 2.28. The average molecular weight is 312 g/mol. The molecule has 2 N–H and O–H groups in total. The molecule has 1 aromatic carbocycles. The summed E-state index contributed by atoms with van der Waals surface area (Å²) in [5, 5.41) is 20.4. The van der Waals surface area contributed by atoms with Crippen molar-refractivity contribution in [3.8, 4) is 0 Å². The molecule has 1 heterocycles. The van der Waals surface area contributed by atoms with E-state index in [1.807, 2.05) is 31.2 Å². The van der Waals surface area contributed by atoms with E-state index in [4.69, 9.17) is 5.11 Å². The predicted octanol–water partition coefficient (Wildman–Crippen LogP) is 2.13.